The molecule has 0 aliphatic carbocycles. The second-order valence-electron chi connectivity index (χ2n) is 3.00. The van der Waals surface area contributed by atoms with Crippen molar-refractivity contribution >= 4 is 11.9 Å². The van der Waals surface area contributed by atoms with E-state index in [1.165, 1.54) is 0 Å². The molecule has 7 nitrogen and oxygen atoms in total. The number of aromatic nitrogens is 2. The van der Waals surface area contributed by atoms with Gasteiger partial charge in [-0.2, -0.15) is 4.98 Å². The van der Waals surface area contributed by atoms with Crippen LogP contribution in [0.25, 0.3) is 0 Å². The lowest BCUT2D eigenvalue weighted by Gasteiger charge is -2.02. The molecule has 0 amide bonds. The molecule has 1 aromatic heterocycles. The number of carboxylic acids is 1. The minimum Gasteiger partial charge on any atom is -0.493 e. The van der Waals surface area contributed by atoms with E-state index in [0.29, 0.717) is 0 Å². The smallest absolute Gasteiger partial charge is 0.303 e. The zero-order valence-electron chi connectivity index (χ0n) is 7.86. The van der Waals surface area contributed by atoms with Gasteiger partial charge in [0.1, 0.15) is 0 Å². The van der Waals surface area contributed by atoms with Crippen LogP contribution in [0.3, 0.4) is 0 Å². The fourth-order valence-electron chi connectivity index (χ4n) is 1.14. The first-order valence-electron chi connectivity index (χ1n) is 4.30. The number of nitrogens with two attached hydrogens (primary N) is 1. The Morgan fingerprint density at radius 1 is 1.53 bits per heavy atom. The summed E-state index contributed by atoms with van der Waals surface area (Å²) in [5.74, 6) is -1.56. The first-order chi connectivity index (χ1) is 7.00. The molecule has 0 spiro atoms. The van der Waals surface area contributed by atoms with Crippen LogP contribution in [0.5, 0.6) is 5.88 Å². The summed E-state index contributed by atoms with van der Waals surface area (Å²) in [6, 6.07) is 0. The van der Waals surface area contributed by atoms with Gasteiger partial charge in [0.2, 0.25) is 11.8 Å². The van der Waals surface area contributed by atoms with Crippen molar-refractivity contribution in [2.24, 2.45) is 0 Å². The first kappa shape index (κ1) is 11.0. The number of aromatic hydroxyl groups is 1. The number of H-pyrrole nitrogens is 1. The van der Waals surface area contributed by atoms with E-state index < -0.39 is 17.4 Å². The van der Waals surface area contributed by atoms with Crippen LogP contribution in [0.15, 0.2) is 4.79 Å². The number of aromatic amines is 1. The summed E-state index contributed by atoms with van der Waals surface area (Å²) < 4.78 is 0. The molecule has 0 aromatic carbocycles. The van der Waals surface area contributed by atoms with E-state index in [9.17, 15) is 14.7 Å². The Kier molecular flexibility index (Phi) is 3.27. The van der Waals surface area contributed by atoms with Crippen LogP contribution in [-0.4, -0.2) is 26.2 Å². The Hall–Kier alpha value is -2.05. The summed E-state index contributed by atoms with van der Waals surface area (Å²) in [6.07, 6.45) is 0.349. The van der Waals surface area contributed by atoms with Crippen molar-refractivity contribution in [3.05, 3.63) is 15.9 Å². The molecule has 0 aliphatic heterocycles. The standard InChI is InChI=1S/C8H11N3O4/c9-8-10-6(14)4(7(15)11-8)2-1-3-5(12)13/h1-3H2,(H,12,13)(H4,9,10,11,14,15). The van der Waals surface area contributed by atoms with Gasteiger partial charge in [0.15, 0.2) is 0 Å². The Morgan fingerprint density at radius 3 is 2.73 bits per heavy atom. The predicted molar refractivity (Wildman–Crippen MR) is 51.5 cm³/mol. The molecule has 0 radical (unpaired) electrons. The van der Waals surface area contributed by atoms with Gasteiger partial charge in [0, 0.05) is 6.42 Å². The second-order valence-corrected chi connectivity index (χ2v) is 3.00. The van der Waals surface area contributed by atoms with E-state index >= 15 is 0 Å². The number of anilines is 1. The largest absolute Gasteiger partial charge is 0.493 e. The fourth-order valence-corrected chi connectivity index (χ4v) is 1.14. The lowest BCUT2D eigenvalue weighted by atomic mass is 10.1. The van der Waals surface area contributed by atoms with Crippen LogP contribution in [0, 0.1) is 0 Å². The molecule has 0 saturated carbocycles. The summed E-state index contributed by atoms with van der Waals surface area (Å²) in [5, 5.41) is 17.7. The Balaban J connectivity index is 2.77. The number of aliphatic carboxylic acids is 1. The number of carboxylic acid groups (broad SMARTS) is 1. The van der Waals surface area contributed by atoms with Gasteiger partial charge in [0.05, 0.1) is 5.56 Å². The molecular formula is C8H11N3O4. The third-order valence-electron chi connectivity index (χ3n) is 1.83. The predicted octanol–water partition coefficient (Wildman–Crippen LogP) is -0.535. The van der Waals surface area contributed by atoms with Crippen molar-refractivity contribution in [3.63, 3.8) is 0 Å². The number of hydrogen-bond donors (Lipinski definition) is 4. The topological polar surface area (TPSA) is 129 Å². The SMILES string of the molecule is Nc1nc(O)c(CCCC(=O)O)c(=O)[nH]1. The maximum Gasteiger partial charge on any atom is 0.303 e. The van der Waals surface area contributed by atoms with Gasteiger partial charge in [-0.3, -0.25) is 14.6 Å². The van der Waals surface area contributed by atoms with Gasteiger partial charge >= 0.3 is 5.97 Å². The zero-order chi connectivity index (χ0) is 11.4. The van der Waals surface area contributed by atoms with Gasteiger partial charge in [-0.1, -0.05) is 0 Å². The van der Waals surface area contributed by atoms with Gasteiger partial charge in [-0.05, 0) is 12.8 Å². The lowest BCUT2D eigenvalue weighted by molar-refractivity contribution is -0.137. The lowest BCUT2D eigenvalue weighted by Crippen LogP contribution is -2.16. The van der Waals surface area contributed by atoms with E-state index in [1.54, 1.807) is 0 Å². The molecule has 0 fully saturated rings. The molecule has 0 unspecified atom stereocenters. The van der Waals surface area contributed by atoms with Gasteiger partial charge < -0.3 is 15.9 Å². The van der Waals surface area contributed by atoms with Crippen LogP contribution >= 0.6 is 0 Å². The quantitative estimate of drug-likeness (QED) is 0.531. The third kappa shape index (κ3) is 2.97. The van der Waals surface area contributed by atoms with E-state index in [1.807, 2.05) is 0 Å². The van der Waals surface area contributed by atoms with E-state index in [0.717, 1.165) is 0 Å². The molecule has 15 heavy (non-hydrogen) atoms. The summed E-state index contributed by atoms with van der Waals surface area (Å²) in [6.45, 7) is 0. The number of nitrogens with one attached hydrogen (secondary N) is 1. The number of nitrogen functional groups attached to an aromatic ring is 1. The fraction of sp³-hybridized carbons (Fsp3) is 0.375. The van der Waals surface area contributed by atoms with Crippen molar-refractivity contribution in [1.29, 1.82) is 0 Å². The van der Waals surface area contributed by atoms with Crippen molar-refractivity contribution < 1.29 is 15.0 Å². The maximum atomic E-state index is 11.3. The van der Waals surface area contributed by atoms with E-state index in [2.05, 4.69) is 9.97 Å². The Bertz CT molecular complexity index is 426. The number of carbonyl (C=O) groups is 1. The van der Waals surface area contributed by atoms with Crippen LogP contribution in [-0.2, 0) is 11.2 Å². The normalized spacial score (nSPS) is 10.1. The second kappa shape index (κ2) is 4.45. The Morgan fingerprint density at radius 2 is 2.20 bits per heavy atom. The molecule has 1 aromatic rings. The minimum absolute atomic E-state index is 0.0606. The van der Waals surface area contributed by atoms with Gasteiger partial charge in [-0.15, -0.1) is 0 Å². The zero-order valence-corrected chi connectivity index (χ0v) is 7.86. The van der Waals surface area contributed by atoms with E-state index in [-0.39, 0.29) is 30.8 Å². The number of nitrogens with zero attached hydrogens (tertiary/aromatic N) is 1. The van der Waals surface area contributed by atoms with Gasteiger partial charge in [-0.25, -0.2) is 0 Å². The monoisotopic (exact) mass is 213 g/mol. The van der Waals surface area contributed by atoms with Crippen LogP contribution < -0.4 is 11.3 Å². The maximum absolute atomic E-state index is 11.3. The molecule has 1 rings (SSSR count). The molecule has 5 N–H and O–H groups in total. The minimum atomic E-state index is -0.950. The first-order valence-corrected chi connectivity index (χ1v) is 4.30. The molecule has 7 heteroatoms. The summed E-state index contributed by atoms with van der Waals surface area (Å²) >= 11 is 0. The highest BCUT2D eigenvalue weighted by Crippen LogP contribution is 2.11. The van der Waals surface area contributed by atoms with Crippen molar-refractivity contribution in [1.82, 2.24) is 9.97 Å². The molecule has 1 heterocycles. The number of rotatable bonds is 4. The molecule has 0 atom stereocenters. The van der Waals surface area contributed by atoms with E-state index in [4.69, 9.17) is 10.8 Å². The highest BCUT2D eigenvalue weighted by molar-refractivity contribution is 5.66. The van der Waals surface area contributed by atoms with Crippen molar-refractivity contribution in [3.8, 4) is 5.88 Å². The molecular weight excluding hydrogens is 202 g/mol. The highest BCUT2D eigenvalue weighted by Gasteiger charge is 2.09. The molecule has 0 saturated heterocycles. The van der Waals surface area contributed by atoms with Crippen LogP contribution in [0.1, 0.15) is 18.4 Å². The van der Waals surface area contributed by atoms with Gasteiger partial charge in [0.25, 0.3) is 5.56 Å². The average Bonchev–Trinajstić information content (AvgIpc) is 2.08. The summed E-state index contributed by atoms with van der Waals surface area (Å²) in [4.78, 5) is 27.2. The summed E-state index contributed by atoms with van der Waals surface area (Å²) in [7, 11) is 0. The highest BCUT2D eigenvalue weighted by atomic mass is 16.4. The van der Waals surface area contributed by atoms with Crippen LogP contribution in [0.2, 0.25) is 0 Å². The molecule has 0 aliphatic rings. The number of hydrogen-bond acceptors (Lipinski definition) is 5. The molecule has 0 bridgehead atoms. The third-order valence-corrected chi connectivity index (χ3v) is 1.83. The average molecular weight is 213 g/mol. The van der Waals surface area contributed by atoms with Crippen LogP contribution in [0.4, 0.5) is 5.95 Å². The Labute approximate surface area is 84.6 Å². The van der Waals surface area contributed by atoms with Crippen molar-refractivity contribution in [2.45, 2.75) is 19.3 Å². The van der Waals surface area contributed by atoms with Crippen molar-refractivity contribution in [2.75, 3.05) is 5.73 Å². The molecule has 82 valence electrons. The summed E-state index contributed by atoms with van der Waals surface area (Å²) in [5.41, 5.74) is 4.71.